The van der Waals surface area contributed by atoms with Gasteiger partial charge in [-0.05, 0) is 29.7 Å². The van der Waals surface area contributed by atoms with Crippen LogP contribution in [0.15, 0.2) is 42.6 Å². The van der Waals surface area contributed by atoms with E-state index in [4.69, 9.17) is 0 Å². The zero-order valence-corrected chi connectivity index (χ0v) is 20.9. The first-order chi connectivity index (χ1) is 16.1. The molecule has 2 heterocycles. The van der Waals surface area contributed by atoms with E-state index in [2.05, 4.69) is 19.3 Å². The van der Waals surface area contributed by atoms with Crippen molar-refractivity contribution < 1.29 is 26.4 Å². The molecular weight excluding hydrogens is 480 g/mol. The Labute approximate surface area is 201 Å². The highest BCUT2D eigenvalue weighted by Gasteiger charge is 2.23. The number of pyridine rings is 1. The lowest BCUT2D eigenvalue weighted by molar-refractivity contribution is 0.0600. The molecule has 1 aliphatic heterocycles. The van der Waals surface area contributed by atoms with Gasteiger partial charge in [-0.2, -0.15) is 4.31 Å². The van der Waals surface area contributed by atoms with Gasteiger partial charge >= 0.3 is 5.97 Å². The standard InChI is InChI=1S/C22H30N4O6S2/c1-32-22(27)20-7-8-21(23-15-20)16-24-34(30,31)14-9-18-3-5-19(6-4-18)17-25-10-12-26(13-11-25)33(2,28)29/h3-8,15,24H,9-14,16-17H2,1-2H3. The Balaban J connectivity index is 1.44. The molecule has 186 valence electrons. The number of piperazine rings is 1. The number of rotatable bonds is 10. The molecule has 0 unspecified atom stereocenters. The second-order valence-electron chi connectivity index (χ2n) is 8.17. The number of nitrogens with zero attached hydrogens (tertiary/aromatic N) is 3. The van der Waals surface area contributed by atoms with Crippen molar-refractivity contribution >= 4 is 26.0 Å². The lowest BCUT2D eigenvalue weighted by Crippen LogP contribution is -2.47. The van der Waals surface area contributed by atoms with E-state index in [1.54, 1.807) is 6.07 Å². The third-order valence-corrected chi connectivity index (χ3v) is 8.24. The number of carbonyl (C=O) groups is 1. The normalized spacial score (nSPS) is 15.8. The molecule has 1 aliphatic rings. The van der Waals surface area contributed by atoms with Crippen LogP contribution in [0.3, 0.4) is 0 Å². The Morgan fingerprint density at radius 1 is 1.00 bits per heavy atom. The average molecular weight is 511 g/mol. The fourth-order valence-corrected chi connectivity index (χ4v) is 5.41. The molecule has 3 rings (SSSR count). The first-order valence-electron chi connectivity index (χ1n) is 10.8. The highest BCUT2D eigenvalue weighted by Crippen LogP contribution is 2.12. The second-order valence-corrected chi connectivity index (χ2v) is 12.1. The second kappa shape index (κ2) is 11.4. The Hall–Kier alpha value is -2.38. The summed E-state index contributed by atoms with van der Waals surface area (Å²) in [6.45, 7) is 3.10. The summed E-state index contributed by atoms with van der Waals surface area (Å²) in [5.41, 5.74) is 2.81. The predicted octanol–water partition coefficient (Wildman–Crippen LogP) is 0.608. The number of hydrogen-bond acceptors (Lipinski definition) is 8. The third-order valence-electron chi connectivity index (χ3n) is 5.61. The van der Waals surface area contributed by atoms with Gasteiger partial charge in [-0.25, -0.2) is 26.4 Å². The van der Waals surface area contributed by atoms with Crippen molar-refractivity contribution in [1.29, 1.82) is 0 Å². The van der Waals surface area contributed by atoms with Crippen LogP contribution in [0.1, 0.15) is 27.2 Å². The molecule has 0 aliphatic carbocycles. The number of aromatic nitrogens is 1. The van der Waals surface area contributed by atoms with Gasteiger partial charge in [0, 0.05) is 38.9 Å². The molecule has 1 N–H and O–H groups in total. The van der Waals surface area contributed by atoms with E-state index in [-0.39, 0.29) is 12.3 Å². The number of carbonyl (C=O) groups excluding carboxylic acids is 1. The molecular formula is C22H30N4O6S2. The molecule has 1 fully saturated rings. The van der Waals surface area contributed by atoms with Gasteiger partial charge in [0.25, 0.3) is 0 Å². The molecule has 10 nitrogen and oxygen atoms in total. The minimum Gasteiger partial charge on any atom is -0.465 e. The van der Waals surface area contributed by atoms with Crippen LogP contribution in [0.25, 0.3) is 0 Å². The maximum atomic E-state index is 12.4. The number of nitrogens with one attached hydrogen (secondary N) is 1. The van der Waals surface area contributed by atoms with Crippen molar-refractivity contribution in [1.82, 2.24) is 18.9 Å². The number of aryl methyl sites for hydroxylation is 1. The number of benzene rings is 1. The van der Waals surface area contributed by atoms with Gasteiger partial charge in [0.05, 0.1) is 36.9 Å². The van der Waals surface area contributed by atoms with Crippen LogP contribution < -0.4 is 4.72 Å². The summed E-state index contributed by atoms with van der Waals surface area (Å²) in [5, 5.41) is 0. The van der Waals surface area contributed by atoms with E-state index < -0.39 is 26.0 Å². The summed E-state index contributed by atoms with van der Waals surface area (Å²) < 4.78 is 56.6. The van der Waals surface area contributed by atoms with Gasteiger partial charge in [-0.3, -0.25) is 9.88 Å². The number of esters is 1. The van der Waals surface area contributed by atoms with Crippen molar-refractivity contribution in [3.8, 4) is 0 Å². The van der Waals surface area contributed by atoms with Crippen LogP contribution in [0.5, 0.6) is 0 Å². The van der Waals surface area contributed by atoms with E-state index in [0.717, 1.165) is 17.7 Å². The molecule has 0 radical (unpaired) electrons. The van der Waals surface area contributed by atoms with Crippen LogP contribution in [-0.4, -0.2) is 82.3 Å². The molecule has 1 saturated heterocycles. The summed E-state index contributed by atoms with van der Waals surface area (Å²) in [6.07, 6.45) is 2.96. The maximum Gasteiger partial charge on any atom is 0.339 e. The molecule has 12 heteroatoms. The highest BCUT2D eigenvalue weighted by molar-refractivity contribution is 7.89. The van der Waals surface area contributed by atoms with Crippen LogP contribution in [0.2, 0.25) is 0 Å². The molecule has 2 aromatic rings. The predicted molar refractivity (Wildman–Crippen MR) is 128 cm³/mol. The molecule has 1 aromatic carbocycles. The summed E-state index contributed by atoms with van der Waals surface area (Å²) in [5.74, 6) is -0.555. The van der Waals surface area contributed by atoms with E-state index in [1.165, 1.54) is 29.9 Å². The Kier molecular flexibility index (Phi) is 8.77. The van der Waals surface area contributed by atoms with Crippen molar-refractivity contribution in [3.05, 3.63) is 65.0 Å². The lowest BCUT2D eigenvalue weighted by Gasteiger charge is -2.33. The SMILES string of the molecule is COC(=O)c1ccc(CNS(=O)(=O)CCc2ccc(CN3CCN(S(C)(=O)=O)CC3)cc2)nc1. The van der Waals surface area contributed by atoms with Gasteiger partial charge in [-0.15, -0.1) is 0 Å². The average Bonchev–Trinajstić information content (AvgIpc) is 2.82. The van der Waals surface area contributed by atoms with Gasteiger partial charge in [0.15, 0.2) is 0 Å². The van der Waals surface area contributed by atoms with E-state index >= 15 is 0 Å². The summed E-state index contributed by atoms with van der Waals surface area (Å²) >= 11 is 0. The Morgan fingerprint density at radius 3 is 2.21 bits per heavy atom. The Bertz CT molecular complexity index is 1170. The smallest absolute Gasteiger partial charge is 0.339 e. The molecule has 0 atom stereocenters. The maximum absolute atomic E-state index is 12.4. The van der Waals surface area contributed by atoms with Gasteiger partial charge < -0.3 is 4.74 Å². The minimum absolute atomic E-state index is 0.0370. The zero-order chi connectivity index (χ0) is 24.8. The Morgan fingerprint density at radius 2 is 1.65 bits per heavy atom. The van der Waals surface area contributed by atoms with Crippen molar-refractivity contribution in [2.24, 2.45) is 0 Å². The number of sulfonamides is 2. The first kappa shape index (κ1) is 26.2. The molecule has 1 aromatic heterocycles. The number of ether oxygens (including phenoxy) is 1. The number of methoxy groups -OCH3 is 1. The van der Waals surface area contributed by atoms with Crippen molar-refractivity contribution in [2.75, 3.05) is 45.3 Å². The first-order valence-corrected chi connectivity index (χ1v) is 14.3. The largest absolute Gasteiger partial charge is 0.465 e. The van der Waals surface area contributed by atoms with E-state index in [1.807, 2.05) is 24.3 Å². The monoisotopic (exact) mass is 510 g/mol. The van der Waals surface area contributed by atoms with Crippen LogP contribution in [0, 0.1) is 0 Å². The molecule has 0 amide bonds. The minimum atomic E-state index is -3.50. The zero-order valence-electron chi connectivity index (χ0n) is 19.3. The highest BCUT2D eigenvalue weighted by atomic mass is 32.2. The molecule has 0 saturated carbocycles. The quantitative estimate of drug-likeness (QED) is 0.461. The van der Waals surface area contributed by atoms with Gasteiger partial charge in [-0.1, -0.05) is 24.3 Å². The molecule has 34 heavy (non-hydrogen) atoms. The van der Waals surface area contributed by atoms with Crippen LogP contribution in [-0.2, 0) is 44.3 Å². The molecule has 0 bridgehead atoms. The fraction of sp³-hybridized carbons (Fsp3) is 0.455. The third kappa shape index (κ3) is 7.84. The van der Waals surface area contributed by atoms with Gasteiger partial charge in [0.2, 0.25) is 20.0 Å². The van der Waals surface area contributed by atoms with Gasteiger partial charge in [0.1, 0.15) is 0 Å². The topological polar surface area (TPSA) is 126 Å². The van der Waals surface area contributed by atoms with Crippen LogP contribution in [0.4, 0.5) is 0 Å². The van der Waals surface area contributed by atoms with Crippen molar-refractivity contribution in [2.45, 2.75) is 19.5 Å². The number of hydrogen-bond donors (Lipinski definition) is 1. The van der Waals surface area contributed by atoms with E-state index in [0.29, 0.717) is 43.9 Å². The lowest BCUT2D eigenvalue weighted by atomic mass is 10.1. The van der Waals surface area contributed by atoms with Crippen molar-refractivity contribution in [3.63, 3.8) is 0 Å². The van der Waals surface area contributed by atoms with E-state index in [9.17, 15) is 21.6 Å². The van der Waals surface area contributed by atoms with Crippen LogP contribution >= 0.6 is 0 Å². The molecule has 0 spiro atoms. The summed E-state index contributed by atoms with van der Waals surface area (Å²) in [7, 11) is -5.36. The summed E-state index contributed by atoms with van der Waals surface area (Å²) in [4.78, 5) is 17.7. The fourth-order valence-electron chi connectivity index (χ4n) is 3.56. The summed E-state index contributed by atoms with van der Waals surface area (Å²) in [6, 6.07) is 10.9.